The fourth-order valence-electron chi connectivity index (χ4n) is 4.24. The van der Waals surface area contributed by atoms with E-state index in [1.807, 2.05) is 48.7 Å². The number of nitrogens with zero attached hydrogens (tertiary/aromatic N) is 4. The van der Waals surface area contributed by atoms with Gasteiger partial charge in [-0.05, 0) is 61.9 Å². The average Bonchev–Trinajstić information content (AvgIpc) is 3.10. The van der Waals surface area contributed by atoms with Crippen molar-refractivity contribution in [1.82, 2.24) is 9.47 Å². The van der Waals surface area contributed by atoms with Crippen LogP contribution in [0.3, 0.4) is 0 Å². The standard InChI is InChI=1S/C26H24Cl2N4O/c1-18-14-20(19(2)32(18)25-9-8-22(27)16-24(25)28)15-21(17-29)26(33)31-12-10-30(11-13-31)23-6-4-3-5-7-23/h3-9,14-16H,10-13H2,1-2H3/b21-15-. The molecule has 2 aromatic carbocycles. The second-order valence-corrected chi connectivity index (χ2v) is 8.89. The summed E-state index contributed by atoms with van der Waals surface area (Å²) in [6.07, 6.45) is 1.68. The van der Waals surface area contributed by atoms with Gasteiger partial charge in [0.05, 0.1) is 10.7 Å². The Morgan fingerprint density at radius 2 is 1.70 bits per heavy atom. The highest BCUT2D eigenvalue weighted by Crippen LogP contribution is 2.30. The van der Waals surface area contributed by atoms with Gasteiger partial charge in [0, 0.05) is 48.3 Å². The summed E-state index contributed by atoms with van der Waals surface area (Å²) in [7, 11) is 0. The van der Waals surface area contributed by atoms with Crippen molar-refractivity contribution in [3.8, 4) is 11.8 Å². The maximum absolute atomic E-state index is 13.1. The molecule has 3 aromatic rings. The maximum atomic E-state index is 13.1. The number of nitriles is 1. The van der Waals surface area contributed by atoms with Crippen LogP contribution in [-0.2, 0) is 4.79 Å². The first-order valence-electron chi connectivity index (χ1n) is 10.7. The van der Waals surface area contributed by atoms with Gasteiger partial charge in [0.1, 0.15) is 11.6 Å². The van der Waals surface area contributed by atoms with Crippen LogP contribution in [0.1, 0.15) is 17.0 Å². The number of rotatable bonds is 4. The second kappa shape index (κ2) is 9.74. The lowest BCUT2D eigenvalue weighted by Crippen LogP contribution is -2.49. The zero-order valence-corrected chi connectivity index (χ0v) is 20.1. The zero-order valence-electron chi connectivity index (χ0n) is 18.6. The first kappa shape index (κ1) is 23.0. The minimum absolute atomic E-state index is 0.130. The fraction of sp³-hybridized carbons (Fsp3) is 0.231. The smallest absolute Gasteiger partial charge is 0.264 e. The Morgan fingerprint density at radius 3 is 2.33 bits per heavy atom. The highest BCUT2D eigenvalue weighted by Gasteiger charge is 2.24. The number of anilines is 1. The number of halogens is 2. The molecule has 4 rings (SSSR count). The molecule has 168 valence electrons. The molecule has 1 aliphatic heterocycles. The van der Waals surface area contributed by atoms with Crippen LogP contribution in [0.4, 0.5) is 5.69 Å². The first-order chi connectivity index (χ1) is 15.9. The predicted octanol–water partition coefficient (Wildman–Crippen LogP) is 5.66. The SMILES string of the molecule is Cc1cc(/C=C(/C#N)C(=O)N2CCN(c3ccccc3)CC2)c(C)n1-c1ccc(Cl)cc1Cl. The number of hydrogen-bond acceptors (Lipinski definition) is 3. The summed E-state index contributed by atoms with van der Waals surface area (Å²) in [5, 5.41) is 10.9. The van der Waals surface area contributed by atoms with Gasteiger partial charge in [-0.25, -0.2) is 0 Å². The maximum Gasteiger partial charge on any atom is 0.264 e. The van der Waals surface area contributed by atoms with E-state index >= 15 is 0 Å². The third kappa shape index (κ3) is 4.78. The highest BCUT2D eigenvalue weighted by molar-refractivity contribution is 6.35. The Morgan fingerprint density at radius 1 is 1.00 bits per heavy atom. The summed E-state index contributed by atoms with van der Waals surface area (Å²) in [5.41, 5.74) is 4.74. The number of aromatic nitrogens is 1. The van der Waals surface area contributed by atoms with E-state index in [1.165, 1.54) is 0 Å². The van der Waals surface area contributed by atoms with Crippen molar-refractivity contribution < 1.29 is 4.79 Å². The lowest BCUT2D eigenvalue weighted by Gasteiger charge is -2.36. The van der Waals surface area contributed by atoms with Gasteiger partial charge >= 0.3 is 0 Å². The molecule has 0 atom stereocenters. The topological polar surface area (TPSA) is 52.3 Å². The molecule has 1 aliphatic rings. The molecule has 0 unspecified atom stereocenters. The van der Waals surface area contributed by atoms with Gasteiger partial charge in [0.25, 0.3) is 5.91 Å². The summed E-state index contributed by atoms with van der Waals surface area (Å²) in [6.45, 7) is 6.53. The number of para-hydroxylation sites is 1. The van der Waals surface area contributed by atoms with Crippen molar-refractivity contribution in [2.75, 3.05) is 31.1 Å². The third-order valence-electron chi connectivity index (χ3n) is 5.96. The largest absolute Gasteiger partial charge is 0.368 e. The molecule has 5 nitrogen and oxygen atoms in total. The molecule has 1 amide bonds. The van der Waals surface area contributed by atoms with Crippen LogP contribution in [0.5, 0.6) is 0 Å². The lowest BCUT2D eigenvalue weighted by atomic mass is 10.1. The van der Waals surface area contributed by atoms with Crippen molar-refractivity contribution in [3.05, 3.63) is 87.2 Å². The van der Waals surface area contributed by atoms with E-state index in [9.17, 15) is 10.1 Å². The van der Waals surface area contributed by atoms with Crippen LogP contribution in [0, 0.1) is 25.2 Å². The molecule has 0 N–H and O–H groups in total. The van der Waals surface area contributed by atoms with Crippen LogP contribution in [0.15, 0.2) is 60.2 Å². The Labute approximate surface area is 204 Å². The quantitative estimate of drug-likeness (QED) is 0.359. The van der Waals surface area contributed by atoms with E-state index in [0.717, 1.165) is 41.4 Å². The summed E-state index contributed by atoms with van der Waals surface area (Å²) in [5.74, 6) is -0.237. The lowest BCUT2D eigenvalue weighted by molar-refractivity contribution is -0.126. The van der Waals surface area contributed by atoms with Crippen LogP contribution >= 0.6 is 23.2 Å². The first-order valence-corrected chi connectivity index (χ1v) is 11.5. The van der Waals surface area contributed by atoms with Gasteiger partial charge in [-0.3, -0.25) is 4.79 Å². The monoisotopic (exact) mass is 478 g/mol. The van der Waals surface area contributed by atoms with E-state index in [4.69, 9.17) is 23.2 Å². The Balaban J connectivity index is 1.55. The highest BCUT2D eigenvalue weighted by atomic mass is 35.5. The minimum atomic E-state index is -0.237. The summed E-state index contributed by atoms with van der Waals surface area (Å²) < 4.78 is 2.00. The summed E-state index contributed by atoms with van der Waals surface area (Å²) in [6, 6.07) is 19.6. The molecule has 0 bridgehead atoms. The Bertz CT molecular complexity index is 1250. The van der Waals surface area contributed by atoms with E-state index < -0.39 is 0 Å². The fourth-order valence-corrected chi connectivity index (χ4v) is 4.73. The average molecular weight is 479 g/mol. The molecule has 1 saturated heterocycles. The molecule has 2 heterocycles. The van der Waals surface area contributed by atoms with E-state index in [-0.39, 0.29) is 11.5 Å². The van der Waals surface area contributed by atoms with Crippen molar-refractivity contribution >= 4 is 40.9 Å². The van der Waals surface area contributed by atoms with E-state index in [0.29, 0.717) is 23.1 Å². The minimum Gasteiger partial charge on any atom is -0.368 e. The molecular formula is C26H24Cl2N4O. The third-order valence-corrected chi connectivity index (χ3v) is 6.50. The van der Waals surface area contributed by atoms with Crippen LogP contribution in [0.25, 0.3) is 11.8 Å². The van der Waals surface area contributed by atoms with Gasteiger partial charge in [0.15, 0.2) is 0 Å². The summed E-state index contributed by atoms with van der Waals surface area (Å²) >= 11 is 12.5. The molecule has 0 aliphatic carbocycles. The van der Waals surface area contributed by atoms with Gasteiger partial charge in [-0.15, -0.1) is 0 Å². The molecular weight excluding hydrogens is 455 g/mol. The molecule has 0 spiro atoms. The van der Waals surface area contributed by atoms with Crippen LogP contribution < -0.4 is 4.90 Å². The number of amides is 1. The van der Waals surface area contributed by atoms with Gasteiger partial charge < -0.3 is 14.4 Å². The van der Waals surface area contributed by atoms with Crippen molar-refractivity contribution in [1.29, 1.82) is 5.26 Å². The van der Waals surface area contributed by atoms with Crippen LogP contribution in [-0.4, -0.2) is 41.6 Å². The molecule has 7 heteroatoms. The predicted molar refractivity (Wildman–Crippen MR) is 134 cm³/mol. The van der Waals surface area contributed by atoms with Crippen molar-refractivity contribution in [3.63, 3.8) is 0 Å². The van der Waals surface area contributed by atoms with Gasteiger partial charge in [0.2, 0.25) is 0 Å². The molecule has 0 radical (unpaired) electrons. The molecule has 1 aromatic heterocycles. The molecule has 33 heavy (non-hydrogen) atoms. The number of piperazine rings is 1. The molecule has 0 saturated carbocycles. The number of carbonyl (C=O) groups is 1. The number of carbonyl (C=O) groups excluding carboxylic acids is 1. The number of hydrogen-bond donors (Lipinski definition) is 0. The second-order valence-electron chi connectivity index (χ2n) is 8.04. The Kier molecular flexibility index (Phi) is 6.78. The summed E-state index contributed by atoms with van der Waals surface area (Å²) in [4.78, 5) is 17.1. The van der Waals surface area contributed by atoms with E-state index in [1.54, 1.807) is 23.1 Å². The zero-order chi connectivity index (χ0) is 23.5. The molecule has 1 fully saturated rings. The van der Waals surface area contributed by atoms with E-state index in [2.05, 4.69) is 23.1 Å². The van der Waals surface area contributed by atoms with Crippen molar-refractivity contribution in [2.45, 2.75) is 13.8 Å². The number of benzene rings is 2. The Hall–Kier alpha value is -3.20. The normalized spacial score (nSPS) is 14.3. The van der Waals surface area contributed by atoms with Crippen LogP contribution in [0.2, 0.25) is 10.0 Å². The van der Waals surface area contributed by atoms with Gasteiger partial charge in [-0.2, -0.15) is 5.26 Å². The van der Waals surface area contributed by atoms with Crippen molar-refractivity contribution in [2.24, 2.45) is 0 Å². The van der Waals surface area contributed by atoms with Gasteiger partial charge in [-0.1, -0.05) is 41.4 Å². The number of aryl methyl sites for hydroxylation is 1.